The summed E-state index contributed by atoms with van der Waals surface area (Å²) in [4.78, 5) is 1.95. The van der Waals surface area contributed by atoms with Gasteiger partial charge in [-0.05, 0) is 50.2 Å². The van der Waals surface area contributed by atoms with Crippen molar-refractivity contribution >= 4 is 23.1 Å². The molecule has 0 spiro atoms. The molecular formula is C15H14FNOS. The summed E-state index contributed by atoms with van der Waals surface area (Å²) in [6.45, 7) is 3.99. The van der Waals surface area contributed by atoms with Gasteiger partial charge < -0.3 is 10.1 Å². The summed E-state index contributed by atoms with van der Waals surface area (Å²) < 4.78 is 18.9. The molecule has 98 valence electrons. The fraction of sp³-hybridized carbons (Fsp3) is 0.200. The first-order valence-electron chi connectivity index (χ1n) is 6.17. The molecule has 3 rings (SSSR count). The molecule has 0 fully saturated rings. The van der Waals surface area contributed by atoms with E-state index < -0.39 is 0 Å². The molecule has 1 aliphatic rings. The number of rotatable bonds is 2. The third kappa shape index (κ3) is 2.54. The van der Waals surface area contributed by atoms with Gasteiger partial charge in [-0.15, -0.1) is 0 Å². The van der Waals surface area contributed by atoms with E-state index >= 15 is 0 Å². The largest absolute Gasteiger partial charge is 0.491 e. The number of hydrogen-bond donors (Lipinski definition) is 1. The summed E-state index contributed by atoms with van der Waals surface area (Å²) in [6, 6.07) is 10.7. The average molecular weight is 275 g/mol. The Morgan fingerprint density at radius 1 is 1.05 bits per heavy atom. The fourth-order valence-corrected chi connectivity index (χ4v) is 3.02. The van der Waals surface area contributed by atoms with Crippen LogP contribution in [0.1, 0.15) is 13.8 Å². The van der Waals surface area contributed by atoms with Crippen molar-refractivity contribution in [3.05, 3.63) is 42.2 Å². The van der Waals surface area contributed by atoms with Crippen LogP contribution in [0.25, 0.3) is 0 Å². The Bertz CT molecular complexity index is 628. The van der Waals surface area contributed by atoms with Gasteiger partial charge in [0.1, 0.15) is 11.6 Å². The van der Waals surface area contributed by atoms with Gasteiger partial charge in [0.25, 0.3) is 0 Å². The van der Waals surface area contributed by atoms with Gasteiger partial charge >= 0.3 is 0 Å². The lowest BCUT2D eigenvalue weighted by atomic mass is 10.2. The van der Waals surface area contributed by atoms with Crippen molar-refractivity contribution in [3.63, 3.8) is 0 Å². The molecule has 1 heterocycles. The van der Waals surface area contributed by atoms with Crippen LogP contribution in [0.4, 0.5) is 15.8 Å². The summed E-state index contributed by atoms with van der Waals surface area (Å²) >= 11 is 1.56. The third-order valence-electron chi connectivity index (χ3n) is 2.76. The van der Waals surface area contributed by atoms with Gasteiger partial charge in [0.2, 0.25) is 0 Å². The Labute approximate surface area is 116 Å². The average Bonchev–Trinajstić information content (AvgIpc) is 2.35. The van der Waals surface area contributed by atoms with E-state index in [-0.39, 0.29) is 11.9 Å². The van der Waals surface area contributed by atoms with Crippen molar-refractivity contribution in [2.24, 2.45) is 0 Å². The predicted octanol–water partition coefficient (Wildman–Crippen LogP) is 4.82. The minimum atomic E-state index is -0.217. The molecule has 0 saturated carbocycles. The summed E-state index contributed by atoms with van der Waals surface area (Å²) in [5.74, 6) is 0.619. The number of fused-ring (bicyclic) bond motifs is 2. The molecule has 2 aromatic rings. The molecule has 4 heteroatoms. The summed E-state index contributed by atoms with van der Waals surface area (Å²) in [6.07, 6.45) is 0.143. The van der Waals surface area contributed by atoms with Gasteiger partial charge in [0, 0.05) is 9.79 Å². The Morgan fingerprint density at radius 3 is 2.47 bits per heavy atom. The molecular weight excluding hydrogens is 261 g/mol. The van der Waals surface area contributed by atoms with Crippen molar-refractivity contribution < 1.29 is 9.13 Å². The lowest BCUT2D eigenvalue weighted by Crippen LogP contribution is -2.06. The van der Waals surface area contributed by atoms with Crippen molar-refractivity contribution in [1.82, 2.24) is 0 Å². The molecule has 1 N–H and O–H groups in total. The zero-order chi connectivity index (χ0) is 13.4. The second kappa shape index (κ2) is 4.78. The van der Waals surface area contributed by atoms with Crippen molar-refractivity contribution in [2.75, 3.05) is 5.32 Å². The second-order valence-corrected chi connectivity index (χ2v) is 5.78. The van der Waals surface area contributed by atoms with Gasteiger partial charge in [0.15, 0.2) is 0 Å². The van der Waals surface area contributed by atoms with E-state index in [4.69, 9.17) is 4.74 Å². The zero-order valence-corrected chi connectivity index (χ0v) is 11.6. The Balaban J connectivity index is 1.94. The number of hydrogen-bond acceptors (Lipinski definition) is 3. The molecule has 2 nitrogen and oxygen atoms in total. The van der Waals surface area contributed by atoms with Crippen molar-refractivity contribution in [1.29, 1.82) is 0 Å². The molecule has 0 bridgehead atoms. The molecule has 0 aromatic heterocycles. The lowest BCUT2D eigenvalue weighted by molar-refractivity contribution is 0.242. The molecule has 0 radical (unpaired) electrons. The van der Waals surface area contributed by atoms with Gasteiger partial charge in [-0.2, -0.15) is 0 Å². The van der Waals surface area contributed by atoms with E-state index in [1.807, 2.05) is 32.0 Å². The van der Waals surface area contributed by atoms with Gasteiger partial charge in [-0.25, -0.2) is 4.39 Å². The second-order valence-electron chi connectivity index (χ2n) is 4.69. The molecule has 0 amide bonds. The van der Waals surface area contributed by atoms with E-state index in [0.717, 1.165) is 26.9 Å². The first kappa shape index (κ1) is 12.4. The quantitative estimate of drug-likeness (QED) is 0.724. The van der Waals surface area contributed by atoms with Crippen molar-refractivity contribution in [2.45, 2.75) is 29.7 Å². The van der Waals surface area contributed by atoms with Crippen LogP contribution in [0.3, 0.4) is 0 Å². The highest BCUT2D eigenvalue weighted by molar-refractivity contribution is 7.99. The standard InChI is InChI=1S/C15H14FNOS/c1-9(2)18-11-4-6-13-15(8-11)19-14-7-10(16)3-5-12(14)17-13/h3-9,17H,1-2H3. The normalized spacial score (nSPS) is 12.6. The third-order valence-corrected chi connectivity index (χ3v) is 3.87. The van der Waals surface area contributed by atoms with Gasteiger partial charge in [0.05, 0.1) is 17.5 Å². The van der Waals surface area contributed by atoms with E-state index in [0.29, 0.717) is 0 Å². The number of nitrogens with one attached hydrogen (secondary N) is 1. The van der Waals surface area contributed by atoms with Crippen LogP contribution in [0, 0.1) is 5.82 Å². The van der Waals surface area contributed by atoms with Crippen LogP contribution in [-0.2, 0) is 0 Å². The molecule has 1 aliphatic heterocycles. The van der Waals surface area contributed by atoms with E-state index in [2.05, 4.69) is 5.32 Å². The highest BCUT2D eigenvalue weighted by Crippen LogP contribution is 2.45. The van der Waals surface area contributed by atoms with E-state index in [9.17, 15) is 4.39 Å². The number of halogens is 1. The van der Waals surface area contributed by atoms with Gasteiger partial charge in [-0.3, -0.25) is 0 Å². The van der Waals surface area contributed by atoms with Crippen LogP contribution in [-0.4, -0.2) is 6.10 Å². The lowest BCUT2D eigenvalue weighted by Gasteiger charge is -2.21. The topological polar surface area (TPSA) is 21.3 Å². The fourth-order valence-electron chi connectivity index (χ4n) is 1.98. The maximum absolute atomic E-state index is 13.3. The maximum Gasteiger partial charge on any atom is 0.124 e. The SMILES string of the molecule is CC(C)Oc1ccc2c(c1)Sc1cc(F)ccc1N2. The Kier molecular flexibility index (Phi) is 3.11. The van der Waals surface area contributed by atoms with Gasteiger partial charge in [-0.1, -0.05) is 11.8 Å². The molecule has 19 heavy (non-hydrogen) atoms. The molecule has 2 aromatic carbocycles. The van der Waals surface area contributed by atoms with Crippen LogP contribution in [0.5, 0.6) is 5.75 Å². The summed E-state index contributed by atoms with van der Waals surface area (Å²) in [5, 5.41) is 3.31. The predicted molar refractivity (Wildman–Crippen MR) is 76.0 cm³/mol. The highest BCUT2D eigenvalue weighted by Gasteiger charge is 2.17. The van der Waals surface area contributed by atoms with Crippen LogP contribution >= 0.6 is 11.8 Å². The van der Waals surface area contributed by atoms with Crippen LogP contribution in [0.2, 0.25) is 0 Å². The Hall–Kier alpha value is -1.68. The van der Waals surface area contributed by atoms with Crippen LogP contribution in [0.15, 0.2) is 46.2 Å². The number of benzene rings is 2. The number of anilines is 2. The molecule has 0 aliphatic carbocycles. The molecule has 0 saturated heterocycles. The van der Waals surface area contributed by atoms with E-state index in [1.54, 1.807) is 23.9 Å². The monoisotopic (exact) mass is 275 g/mol. The maximum atomic E-state index is 13.3. The Morgan fingerprint density at radius 2 is 1.74 bits per heavy atom. The summed E-state index contributed by atoms with van der Waals surface area (Å²) in [7, 11) is 0. The first-order chi connectivity index (χ1) is 9.11. The first-order valence-corrected chi connectivity index (χ1v) is 6.98. The summed E-state index contributed by atoms with van der Waals surface area (Å²) in [5.41, 5.74) is 1.97. The smallest absolute Gasteiger partial charge is 0.124 e. The highest BCUT2D eigenvalue weighted by atomic mass is 32.2. The number of ether oxygens (including phenoxy) is 1. The minimum Gasteiger partial charge on any atom is -0.491 e. The minimum absolute atomic E-state index is 0.143. The van der Waals surface area contributed by atoms with Crippen molar-refractivity contribution in [3.8, 4) is 5.75 Å². The van der Waals surface area contributed by atoms with E-state index in [1.165, 1.54) is 6.07 Å². The molecule has 0 atom stereocenters. The molecule has 0 unspecified atom stereocenters. The van der Waals surface area contributed by atoms with Crippen LogP contribution < -0.4 is 10.1 Å². The zero-order valence-electron chi connectivity index (χ0n) is 10.7.